The van der Waals surface area contributed by atoms with Crippen molar-refractivity contribution in [2.24, 2.45) is 0 Å². The zero-order chi connectivity index (χ0) is 11.6. The minimum atomic E-state index is -0.735. The lowest BCUT2D eigenvalue weighted by atomic mass is 9.82. The van der Waals surface area contributed by atoms with E-state index in [0.29, 0.717) is 5.92 Å². The zero-order valence-corrected chi connectivity index (χ0v) is 10.2. The molecule has 88 valence electrons. The number of benzene rings is 1. The Morgan fingerprint density at radius 2 is 1.81 bits per heavy atom. The van der Waals surface area contributed by atoms with Crippen molar-refractivity contribution in [3.05, 3.63) is 35.4 Å². The fraction of sp³-hybridized carbons (Fsp3) is 0.571. The second-order valence-corrected chi connectivity index (χ2v) is 5.17. The van der Waals surface area contributed by atoms with Crippen molar-refractivity contribution >= 4 is 0 Å². The van der Waals surface area contributed by atoms with E-state index in [1.807, 2.05) is 19.9 Å². The highest BCUT2D eigenvalue weighted by Gasteiger charge is 2.24. The van der Waals surface area contributed by atoms with Gasteiger partial charge in [-0.05, 0) is 56.8 Å². The SMILES string of the molecule is CC(C)(O)c1ccccc1C1CCNCC1. The number of piperidine rings is 1. The summed E-state index contributed by atoms with van der Waals surface area (Å²) in [4.78, 5) is 0. The van der Waals surface area contributed by atoms with Gasteiger partial charge in [-0.3, -0.25) is 0 Å². The molecule has 0 atom stereocenters. The summed E-state index contributed by atoms with van der Waals surface area (Å²) in [5.74, 6) is 0.601. The maximum Gasteiger partial charge on any atom is 0.0843 e. The van der Waals surface area contributed by atoms with Crippen molar-refractivity contribution in [3.63, 3.8) is 0 Å². The smallest absolute Gasteiger partial charge is 0.0843 e. The average molecular weight is 219 g/mol. The first-order valence-corrected chi connectivity index (χ1v) is 6.11. The van der Waals surface area contributed by atoms with Gasteiger partial charge in [0.05, 0.1) is 5.60 Å². The second-order valence-electron chi connectivity index (χ2n) is 5.17. The largest absolute Gasteiger partial charge is 0.386 e. The van der Waals surface area contributed by atoms with E-state index in [4.69, 9.17) is 0 Å². The van der Waals surface area contributed by atoms with Crippen LogP contribution in [0.15, 0.2) is 24.3 Å². The highest BCUT2D eigenvalue weighted by molar-refractivity contribution is 5.34. The van der Waals surface area contributed by atoms with E-state index in [2.05, 4.69) is 23.5 Å². The van der Waals surface area contributed by atoms with Gasteiger partial charge in [0, 0.05) is 0 Å². The Balaban J connectivity index is 2.32. The third-order valence-electron chi connectivity index (χ3n) is 3.40. The quantitative estimate of drug-likeness (QED) is 0.800. The highest BCUT2D eigenvalue weighted by Crippen LogP contribution is 2.33. The van der Waals surface area contributed by atoms with Crippen LogP contribution in [0.3, 0.4) is 0 Å². The van der Waals surface area contributed by atoms with Gasteiger partial charge >= 0.3 is 0 Å². The van der Waals surface area contributed by atoms with E-state index in [-0.39, 0.29) is 0 Å². The van der Waals surface area contributed by atoms with E-state index >= 15 is 0 Å². The van der Waals surface area contributed by atoms with Crippen LogP contribution in [0.4, 0.5) is 0 Å². The fourth-order valence-corrected chi connectivity index (χ4v) is 2.54. The normalized spacial score (nSPS) is 18.7. The Bertz CT molecular complexity index is 348. The van der Waals surface area contributed by atoms with Gasteiger partial charge in [-0.2, -0.15) is 0 Å². The predicted molar refractivity (Wildman–Crippen MR) is 66.5 cm³/mol. The van der Waals surface area contributed by atoms with Gasteiger partial charge in [-0.1, -0.05) is 24.3 Å². The second kappa shape index (κ2) is 4.56. The van der Waals surface area contributed by atoms with Gasteiger partial charge in [0.2, 0.25) is 0 Å². The minimum Gasteiger partial charge on any atom is -0.386 e. The van der Waals surface area contributed by atoms with E-state index in [9.17, 15) is 5.11 Å². The van der Waals surface area contributed by atoms with Crippen LogP contribution in [0.2, 0.25) is 0 Å². The summed E-state index contributed by atoms with van der Waals surface area (Å²) in [5, 5.41) is 13.6. The molecule has 16 heavy (non-hydrogen) atoms. The van der Waals surface area contributed by atoms with Crippen molar-refractivity contribution in [2.75, 3.05) is 13.1 Å². The van der Waals surface area contributed by atoms with Crippen molar-refractivity contribution < 1.29 is 5.11 Å². The summed E-state index contributed by atoms with van der Waals surface area (Å²) in [6.07, 6.45) is 2.35. The van der Waals surface area contributed by atoms with Gasteiger partial charge in [0.15, 0.2) is 0 Å². The van der Waals surface area contributed by atoms with Crippen molar-refractivity contribution in [2.45, 2.75) is 38.2 Å². The molecule has 0 saturated carbocycles. The molecule has 1 heterocycles. The molecule has 2 rings (SSSR count). The molecule has 0 unspecified atom stereocenters. The van der Waals surface area contributed by atoms with Gasteiger partial charge in [-0.15, -0.1) is 0 Å². The third kappa shape index (κ3) is 2.45. The van der Waals surface area contributed by atoms with Crippen molar-refractivity contribution in [1.82, 2.24) is 5.32 Å². The number of hydrogen-bond acceptors (Lipinski definition) is 2. The molecule has 1 saturated heterocycles. The molecule has 2 heteroatoms. The molecule has 0 bridgehead atoms. The monoisotopic (exact) mass is 219 g/mol. The first kappa shape index (κ1) is 11.6. The summed E-state index contributed by atoms with van der Waals surface area (Å²) in [5.41, 5.74) is 1.68. The molecule has 1 aromatic rings. The molecule has 2 nitrogen and oxygen atoms in total. The highest BCUT2D eigenvalue weighted by atomic mass is 16.3. The molecule has 0 aromatic heterocycles. The molecular formula is C14H21NO. The third-order valence-corrected chi connectivity index (χ3v) is 3.40. The summed E-state index contributed by atoms with van der Waals surface area (Å²) in [7, 11) is 0. The van der Waals surface area contributed by atoms with Crippen LogP contribution in [-0.4, -0.2) is 18.2 Å². The Morgan fingerprint density at radius 3 is 2.44 bits per heavy atom. The molecule has 1 aliphatic heterocycles. The van der Waals surface area contributed by atoms with Gasteiger partial charge in [0.25, 0.3) is 0 Å². The summed E-state index contributed by atoms with van der Waals surface area (Å²) in [6, 6.07) is 8.31. The Morgan fingerprint density at radius 1 is 1.19 bits per heavy atom. The predicted octanol–water partition coefficient (Wildman–Crippen LogP) is 2.38. The molecule has 1 aromatic carbocycles. The first-order chi connectivity index (χ1) is 7.59. The molecule has 0 amide bonds. The van der Waals surface area contributed by atoms with E-state index in [1.54, 1.807) is 0 Å². The van der Waals surface area contributed by atoms with Crippen LogP contribution in [0.1, 0.15) is 43.7 Å². The lowest BCUT2D eigenvalue weighted by Gasteiger charge is -2.29. The molecule has 0 radical (unpaired) electrons. The molecule has 0 aliphatic carbocycles. The number of aliphatic hydroxyl groups is 1. The van der Waals surface area contributed by atoms with Crippen LogP contribution in [0.5, 0.6) is 0 Å². The van der Waals surface area contributed by atoms with Gasteiger partial charge in [0.1, 0.15) is 0 Å². The number of rotatable bonds is 2. The molecule has 0 spiro atoms. The summed E-state index contributed by atoms with van der Waals surface area (Å²) >= 11 is 0. The molecule has 1 fully saturated rings. The lowest BCUT2D eigenvalue weighted by Crippen LogP contribution is -2.28. The number of hydrogen-bond donors (Lipinski definition) is 2. The van der Waals surface area contributed by atoms with Crippen LogP contribution in [-0.2, 0) is 5.60 Å². The maximum absolute atomic E-state index is 10.2. The molecular weight excluding hydrogens is 198 g/mol. The standard InChI is InChI=1S/C14H21NO/c1-14(2,16)13-6-4-3-5-12(13)11-7-9-15-10-8-11/h3-6,11,15-16H,7-10H2,1-2H3. The average Bonchev–Trinajstić information content (AvgIpc) is 2.29. The first-order valence-electron chi connectivity index (χ1n) is 6.11. The van der Waals surface area contributed by atoms with Gasteiger partial charge in [-0.25, -0.2) is 0 Å². The van der Waals surface area contributed by atoms with E-state index in [0.717, 1.165) is 18.7 Å². The van der Waals surface area contributed by atoms with E-state index < -0.39 is 5.60 Å². The Kier molecular flexibility index (Phi) is 3.31. The van der Waals surface area contributed by atoms with Gasteiger partial charge < -0.3 is 10.4 Å². The topological polar surface area (TPSA) is 32.3 Å². The van der Waals surface area contributed by atoms with Crippen molar-refractivity contribution in [1.29, 1.82) is 0 Å². The Labute approximate surface area is 97.7 Å². The number of nitrogens with one attached hydrogen (secondary N) is 1. The minimum absolute atomic E-state index is 0.601. The van der Waals surface area contributed by atoms with Crippen LogP contribution < -0.4 is 5.32 Å². The van der Waals surface area contributed by atoms with Crippen LogP contribution in [0, 0.1) is 0 Å². The lowest BCUT2D eigenvalue weighted by molar-refractivity contribution is 0.0769. The van der Waals surface area contributed by atoms with E-state index in [1.165, 1.54) is 18.4 Å². The van der Waals surface area contributed by atoms with Crippen LogP contribution >= 0.6 is 0 Å². The van der Waals surface area contributed by atoms with Crippen LogP contribution in [0.25, 0.3) is 0 Å². The molecule has 2 N–H and O–H groups in total. The summed E-state index contributed by atoms with van der Waals surface area (Å²) < 4.78 is 0. The summed E-state index contributed by atoms with van der Waals surface area (Å²) in [6.45, 7) is 5.91. The maximum atomic E-state index is 10.2. The fourth-order valence-electron chi connectivity index (χ4n) is 2.54. The Hall–Kier alpha value is -0.860. The molecule has 1 aliphatic rings. The van der Waals surface area contributed by atoms with Crippen molar-refractivity contribution in [3.8, 4) is 0 Å². The zero-order valence-electron chi connectivity index (χ0n) is 10.2.